The second kappa shape index (κ2) is 11.3. The zero-order valence-electron chi connectivity index (χ0n) is 21.7. The molecule has 0 spiro atoms. The van der Waals surface area contributed by atoms with Gasteiger partial charge in [0.25, 0.3) is 0 Å². The number of anilines is 1. The third-order valence-corrected chi connectivity index (χ3v) is 8.04. The zero-order chi connectivity index (χ0) is 25.7. The van der Waals surface area contributed by atoms with Crippen molar-refractivity contribution in [3.8, 4) is 5.75 Å². The molecule has 192 valence electrons. The smallest absolute Gasteiger partial charge is 0.227 e. The molecule has 0 N–H and O–H groups in total. The highest BCUT2D eigenvalue weighted by molar-refractivity contribution is 5.96. The molecule has 0 atom stereocenters. The van der Waals surface area contributed by atoms with Crippen LogP contribution in [0.15, 0.2) is 78.9 Å². The lowest BCUT2D eigenvalue weighted by atomic mass is 9.70. The van der Waals surface area contributed by atoms with E-state index in [4.69, 9.17) is 4.74 Å². The van der Waals surface area contributed by atoms with Gasteiger partial charge in [0.15, 0.2) is 0 Å². The third-order valence-electron chi connectivity index (χ3n) is 8.04. The fourth-order valence-corrected chi connectivity index (χ4v) is 5.78. The summed E-state index contributed by atoms with van der Waals surface area (Å²) in [5, 5.41) is 0. The minimum absolute atomic E-state index is 0.163. The summed E-state index contributed by atoms with van der Waals surface area (Å²) in [6, 6.07) is 26.5. The first-order valence-electron chi connectivity index (χ1n) is 13.4. The van der Waals surface area contributed by atoms with E-state index >= 15 is 0 Å². The number of ketones is 1. The second-order valence-electron chi connectivity index (χ2n) is 10.3. The molecule has 0 bridgehead atoms. The Morgan fingerprint density at radius 3 is 2.32 bits per heavy atom. The molecule has 2 heterocycles. The maximum Gasteiger partial charge on any atom is 0.227 e. The first-order chi connectivity index (χ1) is 18.0. The number of rotatable bonds is 9. The topological polar surface area (TPSA) is 49.9 Å². The third kappa shape index (κ3) is 5.62. The van der Waals surface area contributed by atoms with Gasteiger partial charge in [-0.15, -0.1) is 0 Å². The molecular formula is C32H36N2O3. The van der Waals surface area contributed by atoms with Gasteiger partial charge in [-0.05, 0) is 68.5 Å². The van der Waals surface area contributed by atoms with Gasteiger partial charge in [-0.25, -0.2) is 0 Å². The fourth-order valence-electron chi connectivity index (χ4n) is 5.78. The number of likely N-dealkylation sites (tertiary alicyclic amines) is 1. The SMILES string of the molecule is CC(=O)C1(c2ccccc2)CCN(CCCOc2ccc3c(c2)N(Cc2ccccc2)C(=O)CC3)CC1. The predicted octanol–water partition coefficient (Wildman–Crippen LogP) is 5.56. The van der Waals surface area contributed by atoms with E-state index in [0.29, 0.717) is 19.6 Å². The van der Waals surface area contributed by atoms with Gasteiger partial charge in [0.1, 0.15) is 11.5 Å². The summed E-state index contributed by atoms with van der Waals surface area (Å²) in [5.41, 5.74) is 4.09. The normalized spacial score (nSPS) is 17.3. The van der Waals surface area contributed by atoms with Crippen molar-refractivity contribution in [3.05, 3.63) is 95.6 Å². The van der Waals surface area contributed by atoms with E-state index in [1.807, 2.05) is 53.4 Å². The summed E-state index contributed by atoms with van der Waals surface area (Å²) < 4.78 is 6.13. The van der Waals surface area contributed by atoms with Crippen molar-refractivity contribution in [2.45, 2.75) is 51.0 Å². The molecule has 5 heteroatoms. The van der Waals surface area contributed by atoms with Crippen LogP contribution in [0.3, 0.4) is 0 Å². The number of aryl methyl sites for hydroxylation is 1. The first kappa shape index (κ1) is 25.2. The van der Waals surface area contributed by atoms with E-state index in [1.165, 1.54) is 5.56 Å². The lowest BCUT2D eigenvalue weighted by molar-refractivity contribution is -0.124. The maximum atomic E-state index is 12.7. The van der Waals surface area contributed by atoms with E-state index in [9.17, 15) is 9.59 Å². The molecule has 3 aromatic rings. The van der Waals surface area contributed by atoms with Gasteiger partial charge in [0.2, 0.25) is 5.91 Å². The number of Topliss-reactive ketones (excluding diaryl/α,β-unsaturated/α-hetero) is 1. The largest absolute Gasteiger partial charge is 0.493 e. The zero-order valence-corrected chi connectivity index (χ0v) is 21.7. The molecule has 2 aliphatic heterocycles. The number of ether oxygens (including phenoxy) is 1. The van der Waals surface area contributed by atoms with Crippen molar-refractivity contribution in [1.82, 2.24) is 4.90 Å². The molecule has 1 amide bonds. The van der Waals surface area contributed by atoms with Crippen LogP contribution >= 0.6 is 0 Å². The first-order valence-corrected chi connectivity index (χ1v) is 13.4. The van der Waals surface area contributed by atoms with E-state index in [1.54, 1.807) is 6.92 Å². The summed E-state index contributed by atoms with van der Waals surface area (Å²) in [6.45, 7) is 5.73. The van der Waals surface area contributed by atoms with Crippen LogP contribution in [0, 0.1) is 0 Å². The van der Waals surface area contributed by atoms with Crippen LogP contribution in [-0.4, -0.2) is 42.8 Å². The van der Waals surface area contributed by atoms with Crippen LogP contribution in [0.2, 0.25) is 0 Å². The number of carbonyl (C=O) groups is 2. The Morgan fingerprint density at radius 1 is 0.919 bits per heavy atom. The summed E-state index contributed by atoms with van der Waals surface area (Å²) >= 11 is 0. The molecule has 0 radical (unpaired) electrons. The van der Waals surface area contributed by atoms with E-state index in [0.717, 1.165) is 67.9 Å². The van der Waals surface area contributed by atoms with Crippen LogP contribution in [0.25, 0.3) is 0 Å². The number of benzene rings is 3. The average molecular weight is 497 g/mol. The Hall–Kier alpha value is -3.44. The van der Waals surface area contributed by atoms with Crippen molar-refractivity contribution in [1.29, 1.82) is 0 Å². The Labute approximate surface area is 220 Å². The minimum Gasteiger partial charge on any atom is -0.493 e. The van der Waals surface area contributed by atoms with Crippen molar-refractivity contribution < 1.29 is 14.3 Å². The number of amides is 1. The van der Waals surface area contributed by atoms with E-state index < -0.39 is 0 Å². The Kier molecular flexibility index (Phi) is 7.71. The molecule has 0 unspecified atom stereocenters. The molecule has 1 saturated heterocycles. The number of fused-ring (bicyclic) bond motifs is 1. The number of hydrogen-bond acceptors (Lipinski definition) is 4. The monoisotopic (exact) mass is 496 g/mol. The highest BCUT2D eigenvalue weighted by Gasteiger charge is 2.40. The van der Waals surface area contributed by atoms with E-state index in [-0.39, 0.29) is 17.1 Å². The Morgan fingerprint density at radius 2 is 1.62 bits per heavy atom. The van der Waals surface area contributed by atoms with E-state index in [2.05, 4.69) is 35.2 Å². The van der Waals surface area contributed by atoms with Gasteiger partial charge in [0.05, 0.1) is 24.3 Å². The molecule has 1 fully saturated rings. The molecular weight excluding hydrogens is 460 g/mol. The number of carbonyl (C=O) groups excluding carboxylic acids is 2. The van der Waals surface area contributed by atoms with Crippen molar-refractivity contribution in [3.63, 3.8) is 0 Å². The minimum atomic E-state index is -0.347. The molecule has 2 aliphatic rings. The van der Waals surface area contributed by atoms with Crippen molar-refractivity contribution in [2.75, 3.05) is 31.1 Å². The van der Waals surface area contributed by atoms with Crippen LogP contribution < -0.4 is 9.64 Å². The lowest BCUT2D eigenvalue weighted by Crippen LogP contribution is -2.46. The molecule has 5 nitrogen and oxygen atoms in total. The molecule has 3 aromatic carbocycles. The summed E-state index contributed by atoms with van der Waals surface area (Å²) in [4.78, 5) is 29.7. The maximum absolute atomic E-state index is 12.7. The van der Waals surface area contributed by atoms with Crippen LogP contribution in [0.5, 0.6) is 5.75 Å². The molecule has 5 rings (SSSR count). The van der Waals surface area contributed by atoms with Crippen molar-refractivity contribution >= 4 is 17.4 Å². The van der Waals surface area contributed by atoms with Crippen molar-refractivity contribution in [2.24, 2.45) is 0 Å². The number of hydrogen-bond donors (Lipinski definition) is 0. The van der Waals surface area contributed by atoms with Crippen LogP contribution in [0.1, 0.15) is 49.3 Å². The summed E-state index contributed by atoms with van der Waals surface area (Å²) in [6.07, 6.45) is 3.97. The number of piperidine rings is 1. The molecule has 37 heavy (non-hydrogen) atoms. The number of nitrogens with zero attached hydrogens (tertiary/aromatic N) is 2. The van der Waals surface area contributed by atoms with Gasteiger partial charge in [-0.2, -0.15) is 0 Å². The highest BCUT2D eigenvalue weighted by atomic mass is 16.5. The predicted molar refractivity (Wildman–Crippen MR) is 147 cm³/mol. The standard InChI is InChI=1S/C32H36N2O3/c1-25(35)32(28-11-6-3-7-12-28)17-20-33(21-18-32)19-8-22-37-29-15-13-27-14-16-31(36)34(30(27)23-29)24-26-9-4-2-5-10-26/h2-7,9-13,15,23H,8,14,16-22,24H2,1H3. The average Bonchev–Trinajstić information content (AvgIpc) is 2.94. The molecule has 0 aliphatic carbocycles. The van der Waals surface area contributed by atoms with Crippen LogP contribution in [-0.2, 0) is 28.0 Å². The van der Waals surface area contributed by atoms with Gasteiger partial charge >= 0.3 is 0 Å². The Balaban J connectivity index is 1.14. The Bertz CT molecular complexity index is 1220. The summed E-state index contributed by atoms with van der Waals surface area (Å²) in [7, 11) is 0. The van der Waals surface area contributed by atoms with Gasteiger partial charge in [-0.1, -0.05) is 66.7 Å². The van der Waals surface area contributed by atoms with Gasteiger partial charge in [-0.3, -0.25) is 9.59 Å². The van der Waals surface area contributed by atoms with Gasteiger partial charge in [0, 0.05) is 19.0 Å². The fraction of sp³-hybridized carbons (Fsp3) is 0.375. The van der Waals surface area contributed by atoms with Crippen LogP contribution in [0.4, 0.5) is 5.69 Å². The van der Waals surface area contributed by atoms with Gasteiger partial charge < -0.3 is 14.5 Å². The molecule has 0 aromatic heterocycles. The second-order valence-corrected chi connectivity index (χ2v) is 10.3. The lowest BCUT2D eigenvalue weighted by Gasteiger charge is -2.40. The summed E-state index contributed by atoms with van der Waals surface area (Å²) in [5.74, 6) is 1.24. The quantitative estimate of drug-likeness (QED) is 0.364. The molecule has 0 saturated carbocycles. The highest BCUT2D eigenvalue weighted by Crippen LogP contribution is 2.37.